The number of amides is 1. The summed E-state index contributed by atoms with van der Waals surface area (Å²) in [6.45, 7) is 3.66. The lowest BCUT2D eigenvalue weighted by Gasteiger charge is -2.12. The highest BCUT2D eigenvalue weighted by molar-refractivity contribution is 5.91. The van der Waals surface area contributed by atoms with Gasteiger partial charge in [0, 0.05) is 11.6 Å². The number of rotatable bonds is 4. The average Bonchev–Trinajstić information content (AvgIpc) is 2.43. The molecule has 1 amide bonds. The first-order chi connectivity index (χ1) is 9.95. The third-order valence-electron chi connectivity index (χ3n) is 3.17. The number of hydrogen-bond acceptors (Lipinski definition) is 4. The minimum absolute atomic E-state index is 0.138. The molecule has 0 bridgehead atoms. The predicted molar refractivity (Wildman–Crippen MR) is 80.2 cm³/mol. The van der Waals surface area contributed by atoms with Gasteiger partial charge < -0.3 is 15.5 Å². The summed E-state index contributed by atoms with van der Waals surface area (Å²) in [7, 11) is 0. The molecule has 1 heterocycles. The zero-order chi connectivity index (χ0) is 15.4. The van der Waals surface area contributed by atoms with E-state index in [9.17, 15) is 15.0 Å². The number of pyridine rings is 1. The molecule has 21 heavy (non-hydrogen) atoms. The van der Waals surface area contributed by atoms with E-state index in [1.54, 1.807) is 19.1 Å². The van der Waals surface area contributed by atoms with Crippen LogP contribution in [0.25, 0.3) is 0 Å². The van der Waals surface area contributed by atoms with E-state index in [1.807, 2.05) is 19.1 Å². The molecule has 0 radical (unpaired) electrons. The molecular weight excluding hydrogens is 268 g/mol. The number of aromatic nitrogens is 1. The fourth-order valence-electron chi connectivity index (χ4n) is 2.00. The largest absolute Gasteiger partial charge is 0.504 e. The van der Waals surface area contributed by atoms with Crippen LogP contribution in [-0.4, -0.2) is 21.1 Å². The van der Waals surface area contributed by atoms with Crippen LogP contribution in [0, 0.1) is 12.8 Å². The van der Waals surface area contributed by atoms with Crippen molar-refractivity contribution < 1.29 is 15.0 Å². The van der Waals surface area contributed by atoms with Gasteiger partial charge >= 0.3 is 0 Å². The normalized spacial score (nSPS) is 11.9. The number of aromatic hydroxyl groups is 2. The molecule has 1 atom stereocenters. The number of aryl methyl sites for hydroxylation is 1. The molecule has 1 aromatic heterocycles. The highest BCUT2D eigenvalue weighted by atomic mass is 16.3. The molecule has 0 saturated carbocycles. The molecule has 2 aromatic rings. The molecule has 110 valence electrons. The standard InChI is InChI=1S/C16H18N2O3/c1-10(8-12-6-7-13(19)14(20)9-12)16(21)18-15-5-3-4-11(2)17-15/h3-7,9-10,19-20H,8H2,1-2H3,(H,17,18,21). The lowest BCUT2D eigenvalue weighted by molar-refractivity contribution is -0.119. The molecule has 2 rings (SSSR count). The maximum Gasteiger partial charge on any atom is 0.228 e. The molecule has 1 aromatic carbocycles. The Balaban J connectivity index is 2.00. The van der Waals surface area contributed by atoms with Crippen LogP contribution in [0.2, 0.25) is 0 Å². The highest BCUT2D eigenvalue weighted by Crippen LogP contribution is 2.26. The van der Waals surface area contributed by atoms with Gasteiger partial charge in [0.15, 0.2) is 11.5 Å². The summed E-state index contributed by atoms with van der Waals surface area (Å²) in [4.78, 5) is 16.3. The maximum atomic E-state index is 12.1. The van der Waals surface area contributed by atoms with Crippen LogP contribution in [0.5, 0.6) is 11.5 Å². The van der Waals surface area contributed by atoms with Gasteiger partial charge in [0.1, 0.15) is 5.82 Å². The predicted octanol–water partition coefficient (Wildman–Crippen LogP) is 2.62. The van der Waals surface area contributed by atoms with E-state index in [0.717, 1.165) is 11.3 Å². The topological polar surface area (TPSA) is 82.5 Å². The first-order valence-electron chi connectivity index (χ1n) is 6.71. The van der Waals surface area contributed by atoms with Crippen molar-refractivity contribution in [1.82, 2.24) is 4.98 Å². The van der Waals surface area contributed by atoms with E-state index in [-0.39, 0.29) is 23.3 Å². The lowest BCUT2D eigenvalue weighted by atomic mass is 10.00. The summed E-state index contributed by atoms with van der Waals surface area (Å²) in [6.07, 6.45) is 0.464. The number of carbonyl (C=O) groups excluding carboxylic acids is 1. The van der Waals surface area contributed by atoms with Gasteiger partial charge in [0.05, 0.1) is 0 Å². The summed E-state index contributed by atoms with van der Waals surface area (Å²) in [5.74, 6) is -0.238. The van der Waals surface area contributed by atoms with E-state index in [1.165, 1.54) is 12.1 Å². The molecule has 0 fully saturated rings. The number of hydrogen-bond donors (Lipinski definition) is 3. The first kappa shape index (κ1) is 14.8. The Bertz CT molecular complexity index is 656. The van der Waals surface area contributed by atoms with Gasteiger partial charge in [-0.2, -0.15) is 0 Å². The molecule has 3 N–H and O–H groups in total. The first-order valence-corrected chi connectivity index (χ1v) is 6.71. The summed E-state index contributed by atoms with van der Waals surface area (Å²) >= 11 is 0. The third-order valence-corrected chi connectivity index (χ3v) is 3.17. The average molecular weight is 286 g/mol. The Hall–Kier alpha value is -2.56. The van der Waals surface area contributed by atoms with Gasteiger partial charge in [-0.15, -0.1) is 0 Å². The van der Waals surface area contributed by atoms with Crippen LogP contribution in [0.3, 0.4) is 0 Å². The second-order valence-corrected chi connectivity index (χ2v) is 5.08. The van der Waals surface area contributed by atoms with Gasteiger partial charge in [0.25, 0.3) is 0 Å². The lowest BCUT2D eigenvalue weighted by Crippen LogP contribution is -2.22. The van der Waals surface area contributed by atoms with Crippen molar-refractivity contribution in [2.24, 2.45) is 5.92 Å². The van der Waals surface area contributed by atoms with Crippen LogP contribution < -0.4 is 5.32 Å². The summed E-state index contributed by atoms with van der Waals surface area (Å²) in [6, 6.07) is 9.99. The van der Waals surface area contributed by atoms with Crippen molar-refractivity contribution in [2.75, 3.05) is 5.32 Å². The molecule has 0 aliphatic rings. The zero-order valence-corrected chi connectivity index (χ0v) is 12.0. The molecule has 0 saturated heterocycles. The summed E-state index contributed by atoms with van der Waals surface area (Å²) < 4.78 is 0. The van der Waals surface area contributed by atoms with E-state index >= 15 is 0 Å². The Morgan fingerprint density at radius 1 is 1.24 bits per heavy atom. The van der Waals surface area contributed by atoms with Gasteiger partial charge in [-0.05, 0) is 43.2 Å². The molecule has 1 unspecified atom stereocenters. The number of nitrogens with one attached hydrogen (secondary N) is 1. The Labute approximate surface area is 123 Å². The molecule has 5 heteroatoms. The van der Waals surface area contributed by atoms with Crippen molar-refractivity contribution in [2.45, 2.75) is 20.3 Å². The van der Waals surface area contributed by atoms with Gasteiger partial charge in [0.2, 0.25) is 5.91 Å². The monoisotopic (exact) mass is 286 g/mol. The second-order valence-electron chi connectivity index (χ2n) is 5.08. The summed E-state index contributed by atoms with van der Waals surface area (Å²) in [5.41, 5.74) is 1.62. The van der Waals surface area contributed by atoms with E-state index in [4.69, 9.17) is 0 Å². The quantitative estimate of drug-likeness (QED) is 0.754. The zero-order valence-electron chi connectivity index (χ0n) is 12.0. The number of anilines is 1. The van der Waals surface area contributed by atoms with Gasteiger partial charge in [-0.25, -0.2) is 4.98 Å². The molecule has 0 spiro atoms. The van der Waals surface area contributed by atoms with Crippen LogP contribution in [-0.2, 0) is 11.2 Å². The van der Waals surface area contributed by atoms with Crippen molar-refractivity contribution in [3.63, 3.8) is 0 Å². The second kappa shape index (κ2) is 6.26. The number of phenolic OH excluding ortho intramolecular Hbond substituents is 2. The van der Waals surface area contributed by atoms with Crippen molar-refractivity contribution in [3.8, 4) is 11.5 Å². The molecule has 0 aliphatic heterocycles. The number of benzene rings is 1. The van der Waals surface area contributed by atoms with E-state index in [2.05, 4.69) is 10.3 Å². The van der Waals surface area contributed by atoms with Crippen LogP contribution in [0.15, 0.2) is 36.4 Å². The van der Waals surface area contributed by atoms with Crippen LogP contribution in [0.4, 0.5) is 5.82 Å². The summed E-state index contributed by atoms with van der Waals surface area (Å²) in [5, 5.41) is 21.5. The van der Waals surface area contributed by atoms with Crippen LogP contribution in [0.1, 0.15) is 18.2 Å². The number of nitrogens with zero attached hydrogens (tertiary/aromatic N) is 1. The Morgan fingerprint density at radius 2 is 2.00 bits per heavy atom. The SMILES string of the molecule is Cc1cccc(NC(=O)C(C)Cc2ccc(O)c(O)c2)n1. The van der Waals surface area contributed by atoms with E-state index in [0.29, 0.717) is 12.2 Å². The fraction of sp³-hybridized carbons (Fsp3) is 0.250. The third kappa shape index (κ3) is 3.95. The minimum Gasteiger partial charge on any atom is -0.504 e. The van der Waals surface area contributed by atoms with Gasteiger partial charge in [-0.1, -0.05) is 19.1 Å². The van der Waals surface area contributed by atoms with E-state index < -0.39 is 0 Å². The van der Waals surface area contributed by atoms with Crippen molar-refractivity contribution in [3.05, 3.63) is 47.7 Å². The number of carbonyl (C=O) groups is 1. The number of phenols is 2. The molecule has 0 aliphatic carbocycles. The molecular formula is C16H18N2O3. The fourth-order valence-corrected chi connectivity index (χ4v) is 2.00. The van der Waals surface area contributed by atoms with Gasteiger partial charge in [-0.3, -0.25) is 4.79 Å². The van der Waals surface area contributed by atoms with Crippen molar-refractivity contribution in [1.29, 1.82) is 0 Å². The maximum absolute atomic E-state index is 12.1. The molecule has 5 nitrogen and oxygen atoms in total. The van der Waals surface area contributed by atoms with Crippen molar-refractivity contribution >= 4 is 11.7 Å². The van der Waals surface area contributed by atoms with Crippen LogP contribution >= 0.6 is 0 Å². The Morgan fingerprint density at radius 3 is 2.67 bits per heavy atom. The highest BCUT2D eigenvalue weighted by Gasteiger charge is 2.15. The minimum atomic E-state index is -0.281. The smallest absolute Gasteiger partial charge is 0.228 e. The Kier molecular flexibility index (Phi) is 4.42.